The SMILES string of the molecule is CCCNC(=O)[C@@H](C)N(Cc1ccc(Cl)cc1Cl)C(=O)CN(c1ccccc1C)S(C)(=O)=O. The van der Waals surface area contributed by atoms with E-state index in [0.717, 1.165) is 17.0 Å². The molecule has 1 N–H and O–H groups in total. The van der Waals surface area contributed by atoms with Crippen molar-refractivity contribution >= 4 is 50.7 Å². The van der Waals surface area contributed by atoms with Crippen molar-refractivity contribution in [1.82, 2.24) is 10.2 Å². The number of aryl methyl sites for hydroxylation is 1. The molecule has 10 heteroatoms. The monoisotopic (exact) mass is 513 g/mol. The topological polar surface area (TPSA) is 86.8 Å². The van der Waals surface area contributed by atoms with Crippen LogP contribution in [-0.2, 0) is 26.2 Å². The zero-order valence-electron chi connectivity index (χ0n) is 19.1. The van der Waals surface area contributed by atoms with Crippen molar-refractivity contribution in [2.45, 2.75) is 39.8 Å². The molecule has 0 radical (unpaired) electrons. The fourth-order valence-electron chi connectivity index (χ4n) is 3.25. The van der Waals surface area contributed by atoms with Crippen LogP contribution in [0.5, 0.6) is 0 Å². The average molecular weight is 514 g/mol. The largest absolute Gasteiger partial charge is 0.354 e. The molecular weight excluding hydrogens is 485 g/mol. The van der Waals surface area contributed by atoms with Crippen molar-refractivity contribution in [3.63, 3.8) is 0 Å². The summed E-state index contributed by atoms with van der Waals surface area (Å²) in [6, 6.07) is 10.9. The van der Waals surface area contributed by atoms with Crippen molar-refractivity contribution in [1.29, 1.82) is 0 Å². The molecule has 7 nitrogen and oxygen atoms in total. The lowest BCUT2D eigenvalue weighted by Crippen LogP contribution is -2.51. The van der Waals surface area contributed by atoms with Crippen LogP contribution in [0.3, 0.4) is 0 Å². The van der Waals surface area contributed by atoms with Crippen LogP contribution in [0.1, 0.15) is 31.4 Å². The molecule has 0 aliphatic rings. The Morgan fingerprint density at radius 2 is 1.79 bits per heavy atom. The minimum atomic E-state index is -3.77. The first-order valence-corrected chi connectivity index (χ1v) is 13.1. The van der Waals surface area contributed by atoms with Gasteiger partial charge in [0.15, 0.2) is 0 Å². The minimum Gasteiger partial charge on any atom is -0.354 e. The van der Waals surface area contributed by atoms with Gasteiger partial charge in [0.1, 0.15) is 12.6 Å². The molecule has 0 aromatic heterocycles. The van der Waals surface area contributed by atoms with Gasteiger partial charge in [0.05, 0.1) is 11.9 Å². The normalized spacial score (nSPS) is 12.2. The molecule has 2 aromatic rings. The van der Waals surface area contributed by atoms with E-state index in [1.54, 1.807) is 56.3 Å². The van der Waals surface area contributed by atoms with E-state index in [-0.39, 0.29) is 12.5 Å². The van der Waals surface area contributed by atoms with Crippen molar-refractivity contribution in [2.24, 2.45) is 0 Å². The summed E-state index contributed by atoms with van der Waals surface area (Å²) in [5.41, 5.74) is 1.70. The molecule has 0 spiro atoms. The summed E-state index contributed by atoms with van der Waals surface area (Å²) < 4.78 is 26.2. The van der Waals surface area contributed by atoms with Gasteiger partial charge in [0.2, 0.25) is 21.8 Å². The van der Waals surface area contributed by atoms with Crippen LogP contribution >= 0.6 is 23.2 Å². The third kappa shape index (κ3) is 7.35. The van der Waals surface area contributed by atoms with Crippen LogP contribution in [0.2, 0.25) is 10.0 Å². The fraction of sp³-hybridized carbons (Fsp3) is 0.391. The molecule has 2 amide bonds. The molecule has 2 aromatic carbocycles. The molecule has 0 fully saturated rings. The Morgan fingerprint density at radius 3 is 2.36 bits per heavy atom. The molecular formula is C23H29Cl2N3O4S. The minimum absolute atomic E-state index is 0.0148. The third-order valence-corrected chi connectivity index (χ3v) is 6.85. The Bertz CT molecular complexity index is 1110. The molecule has 33 heavy (non-hydrogen) atoms. The number of halogens is 2. The maximum absolute atomic E-state index is 13.5. The Labute approximate surface area is 205 Å². The number of anilines is 1. The van der Waals surface area contributed by atoms with E-state index in [1.807, 2.05) is 6.92 Å². The van der Waals surface area contributed by atoms with Gasteiger partial charge in [0.25, 0.3) is 0 Å². The summed E-state index contributed by atoms with van der Waals surface area (Å²) in [5, 5.41) is 3.57. The van der Waals surface area contributed by atoms with Crippen LogP contribution in [0.15, 0.2) is 42.5 Å². The lowest BCUT2D eigenvalue weighted by molar-refractivity contribution is -0.139. The summed E-state index contributed by atoms with van der Waals surface area (Å²) in [6.07, 6.45) is 1.79. The first-order valence-electron chi connectivity index (χ1n) is 10.5. The van der Waals surface area contributed by atoms with Crippen molar-refractivity contribution in [2.75, 3.05) is 23.7 Å². The Balaban J connectivity index is 2.42. The number of para-hydroxylation sites is 1. The van der Waals surface area contributed by atoms with E-state index < -0.39 is 28.5 Å². The zero-order chi connectivity index (χ0) is 24.8. The summed E-state index contributed by atoms with van der Waals surface area (Å²) in [4.78, 5) is 27.5. The molecule has 0 saturated carbocycles. The Morgan fingerprint density at radius 1 is 1.12 bits per heavy atom. The second kappa shape index (κ2) is 11.7. The van der Waals surface area contributed by atoms with Crippen LogP contribution in [0.4, 0.5) is 5.69 Å². The van der Waals surface area contributed by atoms with Gasteiger partial charge in [-0.25, -0.2) is 8.42 Å². The van der Waals surface area contributed by atoms with Crippen LogP contribution in [0.25, 0.3) is 0 Å². The quantitative estimate of drug-likeness (QED) is 0.519. The van der Waals surface area contributed by atoms with Crippen molar-refractivity contribution in [3.05, 3.63) is 63.6 Å². The number of nitrogens with zero attached hydrogens (tertiary/aromatic N) is 2. The smallest absolute Gasteiger partial charge is 0.244 e. The summed E-state index contributed by atoms with van der Waals surface area (Å²) in [5.74, 6) is -0.870. The molecule has 0 aliphatic carbocycles. The predicted molar refractivity (Wildman–Crippen MR) is 133 cm³/mol. The van der Waals surface area contributed by atoms with Gasteiger partial charge in [-0.2, -0.15) is 0 Å². The van der Waals surface area contributed by atoms with Crippen LogP contribution in [0, 0.1) is 6.92 Å². The third-order valence-electron chi connectivity index (χ3n) is 5.14. The van der Waals surface area contributed by atoms with Crippen molar-refractivity contribution in [3.8, 4) is 0 Å². The summed E-state index contributed by atoms with van der Waals surface area (Å²) >= 11 is 12.3. The first kappa shape index (κ1) is 27.0. The van der Waals surface area contributed by atoms with E-state index in [0.29, 0.717) is 33.4 Å². The lowest BCUT2D eigenvalue weighted by atomic mass is 10.1. The van der Waals surface area contributed by atoms with Gasteiger partial charge in [-0.3, -0.25) is 13.9 Å². The first-order chi connectivity index (χ1) is 15.5. The Kier molecular flexibility index (Phi) is 9.57. The molecule has 0 heterocycles. The van der Waals surface area contributed by atoms with E-state index in [1.165, 1.54) is 4.90 Å². The number of rotatable bonds is 10. The molecule has 1 atom stereocenters. The van der Waals surface area contributed by atoms with Crippen molar-refractivity contribution < 1.29 is 18.0 Å². The molecule has 180 valence electrons. The fourth-order valence-corrected chi connectivity index (χ4v) is 4.63. The zero-order valence-corrected chi connectivity index (χ0v) is 21.5. The maximum Gasteiger partial charge on any atom is 0.244 e. The van der Waals surface area contributed by atoms with E-state index in [4.69, 9.17) is 23.2 Å². The number of nitrogens with one attached hydrogen (secondary N) is 1. The lowest BCUT2D eigenvalue weighted by Gasteiger charge is -2.32. The molecule has 0 unspecified atom stereocenters. The highest BCUT2D eigenvalue weighted by Crippen LogP contribution is 2.25. The average Bonchev–Trinajstić information content (AvgIpc) is 2.74. The highest BCUT2D eigenvalue weighted by atomic mass is 35.5. The number of amides is 2. The molecule has 0 saturated heterocycles. The van der Waals surface area contributed by atoms with E-state index in [2.05, 4.69) is 5.32 Å². The van der Waals surface area contributed by atoms with Gasteiger partial charge in [-0.05, 0) is 49.6 Å². The standard InChI is InChI=1S/C23H29Cl2N3O4S/c1-5-12-26-23(30)17(3)27(14-18-10-11-19(24)13-20(18)25)22(29)15-28(33(4,31)32)21-9-7-6-8-16(21)2/h6-11,13,17H,5,12,14-15H2,1-4H3,(H,26,30)/t17-/m1/s1. The number of hydrogen-bond donors (Lipinski definition) is 1. The van der Waals surface area contributed by atoms with Crippen LogP contribution in [-0.4, -0.2) is 50.5 Å². The molecule has 0 aliphatic heterocycles. The summed E-state index contributed by atoms with van der Waals surface area (Å²) in [7, 11) is -3.77. The van der Waals surface area contributed by atoms with E-state index >= 15 is 0 Å². The van der Waals surface area contributed by atoms with Gasteiger partial charge >= 0.3 is 0 Å². The number of hydrogen-bond acceptors (Lipinski definition) is 4. The highest BCUT2D eigenvalue weighted by Gasteiger charge is 2.30. The van der Waals surface area contributed by atoms with Gasteiger partial charge in [0, 0.05) is 23.1 Å². The number of sulfonamides is 1. The van der Waals surface area contributed by atoms with Gasteiger partial charge < -0.3 is 10.2 Å². The summed E-state index contributed by atoms with van der Waals surface area (Å²) in [6.45, 7) is 5.32. The highest BCUT2D eigenvalue weighted by molar-refractivity contribution is 7.92. The molecule has 0 bridgehead atoms. The number of benzene rings is 2. The number of carbonyl (C=O) groups excluding carboxylic acids is 2. The van der Waals surface area contributed by atoms with Gasteiger partial charge in [-0.15, -0.1) is 0 Å². The molecule has 2 rings (SSSR count). The van der Waals surface area contributed by atoms with Gasteiger partial charge in [-0.1, -0.05) is 54.4 Å². The second-order valence-electron chi connectivity index (χ2n) is 7.78. The van der Waals surface area contributed by atoms with E-state index in [9.17, 15) is 18.0 Å². The van der Waals surface area contributed by atoms with Crippen LogP contribution < -0.4 is 9.62 Å². The predicted octanol–water partition coefficient (Wildman–Crippen LogP) is 4.01. The Hall–Kier alpha value is -2.29. The maximum atomic E-state index is 13.5. The number of carbonyl (C=O) groups is 2. The second-order valence-corrected chi connectivity index (χ2v) is 10.5.